The standard InChI is InChI=1S/C11H18N2O/c1-8(2)7-13-11(14)6-5-10(12-13)9(3)4/h5-6,8-9H,7H2,1-4H3. The molecule has 0 aliphatic heterocycles. The lowest BCUT2D eigenvalue weighted by Crippen LogP contribution is -2.25. The van der Waals surface area contributed by atoms with Gasteiger partial charge in [-0.15, -0.1) is 0 Å². The van der Waals surface area contributed by atoms with Crippen molar-refractivity contribution in [3.63, 3.8) is 0 Å². The Labute approximate surface area is 84.8 Å². The highest BCUT2D eigenvalue weighted by atomic mass is 16.1. The van der Waals surface area contributed by atoms with Crippen molar-refractivity contribution >= 4 is 0 Å². The summed E-state index contributed by atoms with van der Waals surface area (Å²) in [6.07, 6.45) is 0. The Morgan fingerprint density at radius 1 is 1.29 bits per heavy atom. The van der Waals surface area contributed by atoms with Gasteiger partial charge in [-0.2, -0.15) is 5.10 Å². The highest BCUT2D eigenvalue weighted by Crippen LogP contribution is 2.08. The van der Waals surface area contributed by atoms with Crippen molar-refractivity contribution in [3.05, 3.63) is 28.2 Å². The van der Waals surface area contributed by atoms with Gasteiger partial charge in [0.15, 0.2) is 0 Å². The molecular formula is C11H18N2O. The molecule has 3 heteroatoms. The molecule has 3 nitrogen and oxygen atoms in total. The van der Waals surface area contributed by atoms with E-state index in [0.717, 1.165) is 5.69 Å². The minimum atomic E-state index is -0.0110. The lowest BCUT2D eigenvalue weighted by Gasteiger charge is -2.10. The van der Waals surface area contributed by atoms with Gasteiger partial charge in [0.25, 0.3) is 5.56 Å². The zero-order valence-electron chi connectivity index (χ0n) is 9.32. The van der Waals surface area contributed by atoms with E-state index in [1.54, 1.807) is 10.7 Å². The van der Waals surface area contributed by atoms with Crippen LogP contribution in [-0.2, 0) is 6.54 Å². The molecule has 0 aromatic carbocycles. The van der Waals surface area contributed by atoms with Gasteiger partial charge in [-0.05, 0) is 17.9 Å². The van der Waals surface area contributed by atoms with Gasteiger partial charge in [0.2, 0.25) is 0 Å². The molecule has 0 spiro atoms. The van der Waals surface area contributed by atoms with Crippen LogP contribution in [-0.4, -0.2) is 9.78 Å². The Kier molecular flexibility index (Phi) is 3.44. The summed E-state index contributed by atoms with van der Waals surface area (Å²) >= 11 is 0. The second kappa shape index (κ2) is 4.40. The van der Waals surface area contributed by atoms with E-state index >= 15 is 0 Å². The molecule has 0 unspecified atom stereocenters. The molecule has 0 bridgehead atoms. The van der Waals surface area contributed by atoms with Crippen LogP contribution in [0.3, 0.4) is 0 Å². The molecule has 0 amide bonds. The van der Waals surface area contributed by atoms with Crippen LogP contribution in [0.4, 0.5) is 0 Å². The quantitative estimate of drug-likeness (QED) is 0.738. The third kappa shape index (κ3) is 2.69. The zero-order valence-corrected chi connectivity index (χ0v) is 9.32. The van der Waals surface area contributed by atoms with E-state index in [0.29, 0.717) is 18.4 Å². The molecule has 14 heavy (non-hydrogen) atoms. The minimum absolute atomic E-state index is 0.0110. The lowest BCUT2D eigenvalue weighted by atomic mass is 10.1. The van der Waals surface area contributed by atoms with Crippen LogP contribution in [0.2, 0.25) is 0 Å². The van der Waals surface area contributed by atoms with E-state index in [9.17, 15) is 4.79 Å². The molecular weight excluding hydrogens is 176 g/mol. The highest BCUT2D eigenvalue weighted by Gasteiger charge is 2.05. The topological polar surface area (TPSA) is 34.9 Å². The minimum Gasteiger partial charge on any atom is -0.268 e. The van der Waals surface area contributed by atoms with Crippen molar-refractivity contribution in [2.75, 3.05) is 0 Å². The Bertz CT molecular complexity index is 353. The monoisotopic (exact) mass is 194 g/mol. The SMILES string of the molecule is CC(C)Cn1nc(C(C)C)ccc1=O. The summed E-state index contributed by atoms with van der Waals surface area (Å²) in [5.41, 5.74) is 0.966. The van der Waals surface area contributed by atoms with Crippen LogP contribution in [0, 0.1) is 5.92 Å². The molecule has 0 atom stereocenters. The number of hydrogen-bond acceptors (Lipinski definition) is 2. The summed E-state index contributed by atoms with van der Waals surface area (Å²) in [6, 6.07) is 3.41. The first-order valence-corrected chi connectivity index (χ1v) is 5.08. The fourth-order valence-electron chi connectivity index (χ4n) is 1.25. The van der Waals surface area contributed by atoms with Crippen molar-refractivity contribution in [2.45, 2.75) is 40.2 Å². The summed E-state index contributed by atoms with van der Waals surface area (Å²) < 4.78 is 1.56. The number of nitrogens with zero attached hydrogens (tertiary/aromatic N) is 2. The molecule has 1 aromatic heterocycles. The summed E-state index contributed by atoms with van der Waals surface area (Å²) in [4.78, 5) is 11.4. The Morgan fingerprint density at radius 3 is 2.43 bits per heavy atom. The number of rotatable bonds is 3. The van der Waals surface area contributed by atoms with E-state index in [1.165, 1.54) is 0 Å². The fraction of sp³-hybridized carbons (Fsp3) is 0.636. The van der Waals surface area contributed by atoms with Gasteiger partial charge in [0, 0.05) is 12.6 Å². The van der Waals surface area contributed by atoms with E-state index in [1.807, 2.05) is 6.07 Å². The first-order chi connectivity index (χ1) is 6.50. The second-order valence-corrected chi connectivity index (χ2v) is 4.33. The van der Waals surface area contributed by atoms with E-state index in [2.05, 4.69) is 32.8 Å². The average molecular weight is 194 g/mol. The molecule has 0 radical (unpaired) electrons. The van der Waals surface area contributed by atoms with Gasteiger partial charge < -0.3 is 0 Å². The van der Waals surface area contributed by atoms with Crippen LogP contribution in [0.5, 0.6) is 0 Å². The Hall–Kier alpha value is -1.12. The van der Waals surface area contributed by atoms with Crippen LogP contribution >= 0.6 is 0 Å². The normalized spacial score (nSPS) is 11.3. The molecule has 0 N–H and O–H groups in total. The smallest absolute Gasteiger partial charge is 0.266 e. The molecule has 0 saturated heterocycles. The van der Waals surface area contributed by atoms with Gasteiger partial charge in [-0.3, -0.25) is 4.79 Å². The van der Waals surface area contributed by atoms with Gasteiger partial charge in [-0.1, -0.05) is 27.7 Å². The van der Waals surface area contributed by atoms with Crippen molar-refractivity contribution in [1.29, 1.82) is 0 Å². The molecule has 78 valence electrons. The van der Waals surface area contributed by atoms with Gasteiger partial charge in [-0.25, -0.2) is 4.68 Å². The Balaban J connectivity index is 3.02. The predicted molar refractivity (Wildman–Crippen MR) is 57.4 cm³/mol. The van der Waals surface area contributed by atoms with Crippen molar-refractivity contribution in [3.8, 4) is 0 Å². The van der Waals surface area contributed by atoms with Crippen LogP contribution in [0.1, 0.15) is 39.3 Å². The number of aromatic nitrogens is 2. The summed E-state index contributed by atoms with van der Waals surface area (Å²) in [7, 11) is 0. The summed E-state index contributed by atoms with van der Waals surface area (Å²) in [5.74, 6) is 0.816. The fourth-order valence-corrected chi connectivity index (χ4v) is 1.25. The molecule has 1 rings (SSSR count). The van der Waals surface area contributed by atoms with Crippen LogP contribution in [0.25, 0.3) is 0 Å². The zero-order chi connectivity index (χ0) is 10.7. The van der Waals surface area contributed by atoms with Crippen molar-refractivity contribution in [2.24, 2.45) is 5.92 Å². The second-order valence-electron chi connectivity index (χ2n) is 4.33. The maximum absolute atomic E-state index is 11.4. The molecule has 0 fully saturated rings. The van der Waals surface area contributed by atoms with Crippen molar-refractivity contribution in [1.82, 2.24) is 9.78 Å². The van der Waals surface area contributed by atoms with Gasteiger partial charge >= 0.3 is 0 Å². The number of hydrogen-bond donors (Lipinski definition) is 0. The average Bonchev–Trinajstić information content (AvgIpc) is 2.07. The molecule has 1 heterocycles. The van der Waals surface area contributed by atoms with Crippen LogP contribution < -0.4 is 5.56 Å². The maximum Gasteiger partial charge on any atom is 0.266 e. The molecule has 1 aromatic rings. The lowest BCUT2D eigenvalue weighted by molar-refractivity contribution is 0.455. The van der Waals surface area contributed by atoms with Crippen molar-refractivity contribution < 1.29 is 0 Å². The molecule has 0 aliphatic carbocycles. The third-order valence-corrected chi connectivity index (χ3v) is 2.02. The molecule has 0 aliphatic rings. The predicted octanol–water partition coefficient (Wildman–Crippen LogP) is 2.02. The van der Waals surface area contributed by atoms with Gasteiger partial charge in [0.05, 0.1) is 5.69 Å². The summed E-state index contributed by atoms with van der Waals surface area (Å²) in [5, 5.41) is 4.32. The van der Waals surface area contributed by atoms with Crippen LogP contribution in [0.15, 0.2) is 16.9 Å². The Morgan fingerprint density at radius 2 is 1.93 bits per heavy atom. The first-order valence-electron chi connectivity index (χ1n) is 5.08. The van der Waals surface area contributed by atoms with Gasteiger partial charge in [0.1, 0.15) is 0 Å². The first kappa shape index (κ1) is 11.0. The largest absolute Gasteiger partial charge is 0.268 e. The third-order valence-electron chi connectivity index (χ3n) is 2.02. The molecule has 0 saturated carbocycles. The van der Waals surface area contributed by atoms with E-state index in [4.69, 9.17) is 0 Å². The maximum atomic E-state index is 11.4. The summed E-state index contributed by atoms with van der Waals surface area (Å²) in [6.45, 7) is 9.00. The highest BCUT2D eigenvalue weighted by molar-refractivity contribution is 5.04. The van der Waals surface area contributed by atoms with E-state index < -0.39 is 0 Å². The van der Waals surface area contributed by atoms with E-state index in [-0.39, 0.29) is 5.56 Å².